The molecule has 7 heteroatoms. The molecular formula is C20H23N5O2. The number of aromatic nitrogens is 4. The topological polar surface area (TPSA) is 77.2 Å². The lowest BCUT2D eigenvalue weighted by Gasteiger charge is -2.31. The average Bonchev–Trinajstić information content (AvgIpc) is 3.24. The minimum absolute atomic E-state index is 0.361. The zero-order valence-electron chi connectivity index (χ0n) is 15.6. The molecule has 1 aliphatic rings. The van der Waals surface area contributed by atoms with E-state index < -0.39 is 0 Å². The second-order valence-electron chi connectivity index (χ2n) is 6.83. The Morgan fingerprint density at radius 2 is 1.78 bits per heavy atom. The molecule has 140 valence electrons. The molecule has 0 spiro atoms. The Balaban J connectivity index is 1.49. The lowest BCUT2D eigenvalue weighted by molar-refractivity contribution is 0.414. The van der Waals surface area contributed by atoms with Gasteiger partial charge in [0.1, 0.15) is 5.75 Å². The second kappa shape index (κ2) is 7.73. The summed E-state index contributed by atoms with van der Waals surface area (Å²) in [5.41, 5.74) is 1.43. The van der Waals surface area contributed by atoms with Crippen molar-refractivity contribution < 1.29 is 9.26 Å². The number of ether oxygens (including phenoxy) is 1. The summed E-state index contributed by atoms with van der Waals surface area (Å²) in [6.07, 6.45) is 6.35. The van der Waals surface area contributed by atoms with E-state index in [1.807, 2.05) is 36.4 Å². The molecule has 0 bridgehead atoms. The molecule has 1 aliphatic carbocycles. The van der Waals surface area contributed by atoms with Crippen LogP contribution in [-0.2, 0) is 0 Å². The standard InChI is InChI=1S/C20H23N5O2/c1-25(15-6-4-3-5-7-15)18-13-12-17(22-23-18)20-21-19(24-27-20)14-8-10-16(26-2)11-9-14/h8-13,15H,3-7H2,1-2H3. The maximum atomic E-state index is 5.37. The fourth-order valence-electron chi connectivity index (χ4n) is 3.47. The van der Waals surface area contributed by atoms with Crippen molar-refractivity contribution in [1.82, 2.24) is 20.3 Å². The Kier molecular flexibility index (Phi) is 5.00. The molecule has 4 rings (SSSR count). The summed E-state index contributed by atoms with van der Waals surface area (Å²) >= 11 is 0. The van der Waals surface area contributed by atoms with E-state index in [4.69, 9.17) is 9.26 Å². The van der Waals surface area contributed by atoms with Crippen molar-refractivity contribution in [2.75, 3.05) is 19.1 Å². The van der Waals surface area contributed by atoms with Crippen LogP contribution in [0.3, 0.4) is 0 Å². The smallest absolute Gasteiger partial charge is 0.278 e. The second-order valence-corrected chi connectivity index (χ2v) is 6.83. The van der Waals surface area contributed by atoms with Gasteiger partial charge < -0.3 is 14.2 Å². The first kappa shape index (κ1) is 17.5. The van der Waals surface area contributed by atoms with Crippen molar-refractivity contribution in [2.45, 2.75) is 38.1 Å². The molecule has 2 heterocycles. The van der Waals surface area contributed by atoms with Crippen LogP contribution in [0.25, 0.3) is 23.0 Å². The van der Waals surface area contributed by atoms with Gasteiger partial charge in [-0.3, -0.25) is 0 Å². The molecule has 0 unspecified atom stereocenters. The Labute approximate surface area is 158 Å². The molecule has 2 aromatic heterocycles. The van der Waals surface area contributed by atoms with Crippen LogP contribution in [0.1, 0.15) is 32.1 Å². The van der Waals surface area contributed by atoms with Crippen molar-refractivity contribution in [3.63, 3.8) is 0 Å². The summed E-state index contributed by atoms with van der Waals surface area (Å²) in [5, 5.41) is 12.7. The molecule has 0 atom stereocenters. The molecule has 0 radical (unpaired) electrons. The van der Waals surface area contributed by atoms with E-state index in [9.17, 15) is 0 Å². The number of nitrogens with zero attached hydrogens (tertiary/aromatic N) is 5. The number of benzene rings is 1. The van der Waals surface area contributed by atoms with Crippen LogP contribution in [0.15, 0.2) is 40.9 Å². The molecule has 27 heavy (non-hydrogen) atoms. The summed E-state index contributed by atoms with van der Waals surface area (Å²) in [7, 11) is 3.73. The minimum atomic E-state index is 0.361. The third-order valence-electron chi connectivity index (χ3n) is 5.13. The van der Waals surface area contributed by atoms with Gasteiger partial charge in [-0.25, -0.2) is 0 Å². The lowest BCUT2D eigenvalue weighted by atomic mass is 9.94. The molecule has 1 fully saturated rings. The molecule has 3 aromatic rings. The Morgan fingerprint density at radius 3 is 2.44 bits per heavy atom. The quantitative estimate of drug-likeness (QED) is 0.677. The average molecular weight is 365 g/mol. The molecular weight excluding hydrogens is 342 g/mol. The maximum Gasteiger partial charge on any atom is 0.278 e. The van der Waals surface area contributed by atoms with Crippen molar-refractivity contribution >= 4 is 5.82 Å². The van der Waals surface area contributed by atoms with E-state index in [-0.39, 0.29) is 0 Å². The van der Waals surface area contributed by atoms with Crippen LogP contribution in [0.5, 0.6) is 5.75 Å². The summed E-state index contributed by atoms with van der Waals surface area (Å²) < 4.78 is 10.5. The zero-order valence-corrected chi connectivity index (χ0v) is 15.6. The van der Waals surface area contributed by atoms with Crippen molar-refractivity contribution in [3.05, 3.63) is 36.4 Å². The van der Waals surface area contributed by atoms with Gasteiger partial charge in [-0.05, 0) is 49.2 Å². The normalized spacial score (nSPS) is 14.9. The summed E-state index contributed by atoms with van der Waals surface area (Å²) in [5.74, 6) is 2.53. The van der Waals surface area contributed by atoms with Crippen LogP contribution in [0.2, 0.25) is 0 Å². The van der Waals surface area contributed by atoms with E-state index in [2.05, 4.69) is 32.3 Å². The monoisotopic (exact) mass is 365 g/mol. The molecule has 7 nitrogen and oxygen atoms in total. The summed E-state index contributed by atoms with van der Waals surface area (Å²) in [4.78, 5) is 6.66. The van der Waals surface area contributed by atoms with Gasteiger partial charge in [-0.15, -0.1) is 10.2 Å². The van der Waals surface area contributed by atoms with Crippen molar-refractivity contribution in [2.24, 2.45) is 0 Å². The number of anilines is 1. The number of hydrogen-bond acceptors (Lipinski definition) is 7. The van der Waals surface area contributed by atoms with Gasteiger partial charge in [0.05, 0.1) is 7.11 Å². The van der Waals surface area contributed by atoms with Crippen LogP contribution < -0.4 is 9.64 Å². The minimum Gasteiger partial charge on any atom is -0.497 e. The van der Waals surface area contributed by atoms with Gasteiger partial charge in [0.15, 0.2) is 11.5 Å². The summed E-state index contributed by atoms with van der Waals surface area (Å²) in [6.45, 7) is 0. The van der Waals surface area contributed by atoms with Crippen LogP contribution in [0.4, 0.5) is 5.82 Å². The zero-order chi connectivity index (χ0) is 18.6. The van der Waals surface area contributed by atoms with Crippen LogP contribution in [-0.4, -0.2) is 40.5 Å². The first-order chi connectivity index (χ1) is 13.2. The summed E-state index contributed by atoms with van der Waals surface area (Å²) in [6, 6.07) is 11.9. The highest BCUT2D eigenvalue weighted by atomic mass is 16.5. The first-order valence-electron chi connectivity index (χ1n) is 9.29. The molecule has 1 saturated carbocycles. The van der Waals surface area contributed by atoms with Crippen molar-refractivity contribution in [1.29, 1.82) is 0 Å². The SMILES string of the molecule is COc1ccc(-c2noc(-c3ccc(N(C)C4CCCCC4)nn3)n2)cc1. The third kappa shape index (κ3) is 3.77. The Bertz CT molecular complexity index is 870. The molecule has 0 saturated heterocycles. The maximum absolute atomic E-state index is 5.37. The predicted molar refractivity (Wildman–Crippen MR) is 103 cm³/mol. The van der Waals surface area contributed by atoms with Gasteiger partial charge >= 0.3 is 0 Å². The first-order valence-corrected chi connectivity index (χ1v) is 9.29. The van der Waals surface area contributed by atoms with Crippen LogP contribution >= 0.6 is 0 Å². The molecule has 1 aromatic carbocycles. The third-order valence-corrected chi connectivity index (χ3v) is 5.13. The van der Waals surface area contributed by atoms with E-state index in [1.54, 1.807) is 7.11 Å². The lowest BCUT2D eigenvalue weighted by Crippen LogP contribution is -2.34. The molecule has 0 N–H and O–H groups in total. The van der Waals surface area contributed by atoms with Gasteiger partial charge in [-0.2, -0.15) is 4.98 Å². The Hall–Kier alpha value is -2.96. The molecule has 0 aliphatic heterocycles. The van der Waals surface area contributed by atoms with E-state index in [1.165, 1.54) is 32.1 Å². The fraction of sp³-hybridized carbons (Fsp3) is 0.400. The number of hydrogen-bond donors (Lipinski definition) is 0. The van der Waals surface area contributed by atoms with Gasteiger partial charge in [-0.1, -0.05) is 24.4 Å². The van der Waals surface area contributed by atoms with E-state index in [0.717, 1.165) is 17.1 Å². The highest BCUT2D eigenvalue weighted by Gasteiger charge is 2.20. The predicted octanol–water partition coefficient (Wildman–Crippen LogP) is 3.97. The largest absolute Gasteiger partial charge is 0.497 e. The van der Waals surface area contributed by atoms with Gasteiger partial charge in [0, 0.05) is 18.7 Å². The van der Waals surface area contributed by atoms with Crippen LogP contribution in [0, 0.1) is 0 Å². The Morgan fingerprint density at radius 1 is 1.00 bits per heavy atom. The highest BCUT2D eigenvalue weighted by molar-refractivity contribution is 5.59. The molecule has 0 amide bonds. The fourth-order valence-corrected chi connectivity index (χ4v) is 3.47. The number of rotatable bonds is 5. The highest BCUT2D eigenvalue weighted by Crippen LogP contribution is 2.26. The van der Waals surface area contributed by atoms with Gasteiger partial charge in [0.25, 0.3) is 5.89 Å². The van der Waals surface area contributed by atoms with E-state index >= 15 is 0 Å². The van der Waals surface area contributed by atoms with Crippen molar-refractivity contribution in [3.8, 4) is 28.7 Å². The van der Waals surface area contributed by atoms with Gasteiger partial charge in [0.2, 0.25) is 5.82 Å². The van der Waals surface area contributed by atoms with E-state index in [0.29, 0.717) is 23.5 Å². The number of methoxy groups -OCH3 is 1.